The van der Waals surface area contributed by atoms with Gasteiger partial charge in [-0.1, -0.05) is 16.9 Å². The zero-order valence-electron chi connectivity index (χ0n) is 8.88. The van der Waals surface area contributed by atoms with Gasteiger partial charge in [-0.15, -0.1) is 0 Å². The minimum atomic E-state index is 0.131. The van der Waals surface area contributed by atoms with Crippen molar-refractivity contribution in [2.75, 3.05) is 0 Å². The van der Waals surface area contributed by atoms with E-state index in [9.17, 15) is 0 Å². The summed E-state index contributed by atoms with van der Waals surface area (Å²) in [6.07, 6.45) is 5.92. The molecule has 0 radical (unpaired) electrons. The molecule has 0 aliphatic heterocycles. The molecule has 0 aromatic carbocycles. The lowest BCUT2D eigenvalue weighted by Gasteiger charge is -2.01. The molecule has 1 aliphatic rings. The summed E-state index contributed by atoms with van der Waals surface area (Å²) in [5.41, 5.74) is 0. The van der Waals surface area contributed by atoms with E-state index < -0.39 is 0 Å². The summed E-state index contributed by atoms with van der Waals surface area (Å²) in [6.45, 7) is 2.04. The van der Waals surface area contributed by atoms with Crippen molar-refractivity contribution in [1.82, 2.24) is 20.1 Å². The van der Waals surface area contributed by atoms with E-state index in [1.807, 2.05) is 6.92 Å². The Labute approximate surface area is 97.0 Å². The molecule has 0 amide bonds. The number of thioether (sulfide) groups is 1. The molecule has 1 atom stereocenters. The SMILES string of the molecule is C[C@@H](Sc1ncc[nH]1)c1nc(C2CC2)no1. The van der Waals surface area contributed by atoms with Crippen LogP contribution in [-0.2, 0) is 0 Å². The summed E-state index contributed by atoms with van der Waals surface area (Å²) in [6, 6.07) is 0. The van der Waals surface area contributed by atoms with Crippen LogP contribution in [0.4, 0.5) is 0 Å². The molecule has 0 spiro atoms. The summed E-state index contributed by atoms with van der Waals surface area (Å²) < 4.78 is 5.25. The summed E-state index contributed by atoms with van der Waals surface area (Å²) in [7, 11) is 0. The molecule has 0 bridgehead atoms. The molecular formula is C10H12N4OS. The van der Waals surface area contributed by atoms with Crippen molar-refractivity contribution in [1.29, 1.82) is 0 Å². The van der Waals surface area contributed by atoms with Gasteiger partial charge >= 0.3 is 0 Å². The van der Waals surface area contributed by atoms with E-state index in [0.717, 1.165) is 11.0 Å². The van der Waals surface area contributed by atoms with Gasteiger partial charge in [-0.2, -0.15) is 4.98 Å². The fourth-order valence-corrected chi connectivity index (χ4v) is 2.24. The summed E-state index contributed by atoms with van der Waals surface area (Å²) in [5, 5.41) is 5.00. The van der Waals surface area contributed by atoms with Gasteiger partial charge < -0.3 is 9.51 Å². The molecule has 1 aliphatic carbocycles. The van der Waals surface area contributed by atoms with E-state index in [1.165, 1.54) is 12.8 Å². The second kappa shape index (κ2) is 3.93. The quantitative estimate of drug-likeness (QED) is 0.826. The molecule has 16 heavy (non-hydrogen) atoms. The highest BCUT2D eigenvalue weighted by Crippen LogP contribution is 2.39. The average molecular weight is 236 g/mol. The van der Waals surface area contributed by atoms with Gasteiger partial charge in [0.2, 0.25) is 5.89 Å². The molecule has 0 unspecified atom stereocenters. The van der Waals surface area contributed by atoms with Gasteiger partial charge in [0, 0.05) is 18.3 Å². The number of aromatic amines is 1. The van der Waals surface area contributed by atoms with Crippen molar-refractivity contribution in [3.63, 3.8) is 0 Å². The molecule has 6 heteroatoms. The predicted octanol–water partition coefficient (Wildman–Crippen LogP) is 2.52. The number of nitrogens with one attached hydrogen (secondary N) is 1. The van der Waals surface area contributed by atoms with Gasteiger partial charge in [0.05, 0.1) is 5.25 Å². The Hall–Kier alpha value is -1.30. The summed E-state index contributed by atoms with van der Waals surface area (Å²) in [5.74, 6) is 2.09. The van der Waals surface area contributed by atoms with Crippen molar-refractivity contribution in [2.45, 2.75) is 36.1 Å². The van der Waals surface area contributed by atoms with E-state index in [4.69, 9.17) is 4.52 Å². The van der Waals surface area contributed by atoms with E-state index in [1.54, 1.807) is 24.2 Å². The lowest BCUT2D eigenvalue weighted by atomic mass is 10.4. The molecule has 5 nitrogen and oxygen atoms in total. The van der Waals surface area contributed by atoms with Gasteiger partial charge in [0.1, 0.15) is 0 Å². The standard InChI is InChI=1S/C10H12N4OS/c1-6(16-10-11-4-5-12-10)9-13-8(14-15-9)7-2-3-7/h4-7H,2-3H2,1H3,(H,11,12)/t6-/m1/s1. The van der Waals surface area contributed by atoms with Crippen LogP contribution in [0.5, 0.6) is 0 Å². The average Bonchev–Trinajstić information content (AvgIpc) is 2.82. The van der Waals surface area contributed by atoms with Gasteiger partial charge in [-0.25, -0.2) is 4.98 Å². The minimum Gasteiger partial charge on any atom is -0.340 e. The Bertz CT molecular complexity index is 463. The number of hydrogen-bond donors (Lipinski definition) is 1. The maximum atomic E-state index is 5.25. The van der Waals surface area contributed by atoms with Crippen LogP contribution in [0.15, 0.2) is 22.1 Å². The van der Waals surface area contributed by atoms with Gasteiger partial charge in [0.25, 0.3) is 0 Å². The topological polar surface area (TPSA) is 67.6 Å². The van der Waals surface area contributed by atoms with E-state index >= 15 is 0 Å². The molecule has 2 heterocycles. The Morgan fingerprint density at radius 2 is 2.44 bits per heavy atom. The largest absolute Gasteiger partial charge is 0.340 e. The van der Waals surface area contributed by atoms with Crippen LogP contribution < -0.4 is 0 Å². The monoisotopic (exact) mass is 236 g/mol. The fourth-order valence-electron chi connectivity index (χ4n) is 1.45. The van der Waals surface area contributed by atoms with Crippen molar-refractivity contribution in [3.8, 4) is 0 Å². The van der Waals surface area contributed by atoms with Crippen molar-refractivity contribution in [2.24, 2.45) is 0 Å². The highest BCUT2D eigenvalue weighted by Gasteiger charge is 2.29. The lowest BCUT2D eigenvalue weighted by molar-refractivity contribution is 0.375. The first-order valence-corrected chi connectivity index (χ1v) is 6.20. The van der Waals surface area contributed by atoms with Crippen LogP contribution in [0.2, 0.25) is 0 Å². The third kappa shape index (κ3) is 1.97. The second-order valence-corrected chi connectivity index (χ2v) is 5.25. The third-order valence-electron chi connectivity index (χ3n) is 2.51. The van der Waals surface area contributed by atoms with Crippen molar-refractivity contribution < 1.29 is 4.52 Å². The van der Waals surface area contributed by atoms with Gasteiger partial charge in [0.15, 0.2) is 11.0 Å². The molecule has 0 saturated heterocycles. The van der Waals surface area contributed by atoms with Crippen LogP contribution >= 0.6 is 11.8 Å². The first-order valence-electron chi connectivity index (χ1n) is 5.32. The van der Waals surface area contributed by atoms with Gasteiger partial charge in [-0.05, 0) is 19.8 Å². The number of nitrogens with zero attached hydrogens (tertiary/aromatic N) is 3. The number of imidazole rings is 1. The first-order chi connectivity index (χ1) is 7.83. The van der Waals surface area contributed by atoms with Crippen LogP contribution in [0, 0.1) is 0 Å². The number of rotatable bonds is 4. The lowest BCUT2D eigenvalue weighted by Crippen LogP contribution is -1.90. The van der Waals surface area contributed by atoms with E-state index in [-0.39, 0.29) is 5.25 Å². The molecule has 3 rings (SSSR count). The maximum absolute atomic E-state index is 5.25. The van der Waals surface area contributed by atoms with E-state index in [2.05, 4.69) is 20.1 Å². The van der Waals surface area contributed by atoms with Crippen molar-refractivity contribution >= 4 is 11.8 Å². The number of hydrogen-bond acceptors (Lipinski definition) is 5. The molecular weight excluding hydrogens is 224 g/mol. The summed E-state index contributed by atoms with van der Waals surface area (Å²) >= 11 is 1.59. The number of H-pyrrole nitrogens is 1. The maximum Gasteiger partial charge on any atom is 0.239 e. The Morgan fingerprint density at radius 3 is 3.12 bits per heavy atom. The summed E-state index contributed by atoms with van der Waals surface area (Å²) in [4.78, 5) is 11.6. The second-order valence-electron chi connectivity index (χ2n) is 3.92. The van der Waals surface area contributed by atoms with Crippen LogP contribution in [0.1, 0.15) is 42.6 Å². The highest BCUT2D eigenvalue weighted by atomic mass is 32.2. The third-order valence-corrected chi connectivity index (χ3v) is 3.51. The van der Waals surface area contributed by atoms with Crippen LogP contribution in [0.3, 0.4) is 0 Å². The highest BCUT2D eigenvalue weighted by molar-refractivity contribution is 7.99. The molecule has 84 valence electrons. The van der Waals surface area contributed by atoms with Crippen LogP contribution in [0.25, 0.3) is 0 Å². The molecule has 1 saturated carbocycles. The smallest absolute Gasteiger partial charge is 0.239 e. The molecule has 2 aromatic rings. The van der Waals surface area contributed by atoms with Gasteiger partial charge in [-0.3, -0.25) is 0 Å². The Morgan fingerprint density at radius 1 is 1.56 bits per heavy atom. The molecule has 1 N–H and O–H groups in total. The van der Waals surface area contributed by atoms with Crippen LogP contribution in [-0.4, -0.2) is 20.1 Å². The minimum absolute atomic E-state index is 0.131. The molecule has 1 fully saturated rings. The van der Waals surface area contributed by atoms with Crippen molar-refractivity contribution in [3.05, 3.63) is 24.1 Å². The first kappa shape index (κ1) is 9.89. The molecule has 2 aromatic heterocycles. The predicted molar refractivity (Wildman–Crippen MR) is 59.1 cm³/mol. The number of aromatic nitrogens is 4. The zero-order chi connectivity index (χ0) is 11.0. The zero-order valence-corrected chi connectivity index (χ0v) is 9.70. The Balaban J connectivity index is 1.70. The fraction of sp³-hybridized carbons (Fsp3) is 0.500. The Kier molecular flexibility index (Phi) is 2.43. The van der Waals surface area contributed by atoms with E-state index in [0.29, 0.717) is 11.8 Å². The normalized spacial score (nSPS) is 17.6.